The molecule has 1 atom stereocenters. The third-order valence-electron chi connectivity index (χ3n) is 0.991. The van der Waals surface area contributed by atoms with Crippen LogP contribution in [0.3, 0.4) is 0 Å². The monoisotopic (exact) mass is 124 g/mol. The summed E-state index contributed by atoms with van der Waals surface area (Å²) in [6.45, 7) is 0. The van der Waals surface area contributed by atoms with Gasteiger partial charge in [-0.2, -0.15) is 0 Å². The first-order valence-corrected chi connectivity index (χ1v) is 2.65. The number of hydrogen-bond acceptors (Lipinski definition) is 3. The Morgan fingerprint density at radius 2 is 2.33 bits per heavy atom. The Kier molecular flexibility index (Phi) is 1.77. The lowest BCUT2D eigenvalue weighted by Gasteiger charge is -1.99. The number of hydrogen-bond donors (Lipinski definition) is 2. The fourth-order valence-corrected chi connectivity index (χ4v) is 0.551. The van der Waals surface area contributed by atoms with Crippen LogP contribution in [0.2, 0.25) is 0 Å². The minimum absolute atomic E-state index is 0.498. The van der Waals surface area contributed by atoms with Crippen molar-refractivity contribution < 1.29 is 5.11 Å². The summed E-state index contributed by atoms with van der Waals surface area (Å²) in [4.78, 5) is 3.80. The van der Waals surface area contributed by atoms with Crippen LogP contribution in [-0.4, -0.2) is 10.1 Å². The first-order chi connectivity index (χ1) is 4.30. The first kappa shape index (κ1) is 6.19. The van der Waals surface area contributed by atoms with Crippen LogP contribution in [0.1, 0.15) is 11.9 Å². The van der Waals surface area contributed by atoms with Crippen molar-refractivity contribution in [1.82, 2.24) is 4.98 Å². The van der Waals surface area contributed by atoms with Gasteiger partial charge >= 0.3 is 0 Å². The zero-order valence-corrected chi connectivity index (χ0v) is 4.86. The van der Waals surface area contributed by atoms with Gasteiger partial charge in [-0.05, 0) is 12.1 Å². The second-order valence-electron chi connectivity index (χ2n) is 1.70. The van der Waals surface area contributed by atoms with Gasteiger partial charge in [0.1, 0.15) is 6.23 Å². The predicted octanol–water partition coefficient (Wildman–Crippen LogP) is 0.0312. The third-order valence-corrected chi connectivity index (χ3v) is 0.991. The second kappa shape index (κ2) is 2.57. The number of pyridine rings is 1. The lowest BCUT2D eigenvalue weighted by Crippen LogP contribution is -2.09. The average Bonchev–Trinajstić information content (AvgIpc) is 1.90. The molecule has 0 saturated heterocycles. The van der Waals surface area contributed by atoms with Crippen LogP contribution < -0.4 is 5.73 Å². The highest BCUT2D eigenvalue weighted by Gasteiger charge is 1.97. The van der Waals surface area contributed by atoms with Crippen molar-refractivity contribution in [2.45, 2.75) is 6.23 Å². The van der Waals surface area contributed by atoms with Gasteiger partial charge in [-0.15, -0.1) is 0 Å². The van der Waals surface area contributed by atoms with Crippen molar-refractivity contribution in [1.29, 1.82) is 0 Å². The molecule has 0 amide bonds. The molecule has 0 saturated carbocycles. The highest BCUT2D eigenvalue weighted by molar-refractivity contribution is 5.04. The molecule has 3 nitrogen and oxygen atoms in total. The number of nitrogens with two attached hydrogens (primary N) is 1. The van der Waals surface area contributed by atoms with Crippen molar-refractivity contribution in [3.8, 4) is 0 Å². The van der Waals surface area contributed by atoms with Crippen LogP contribution in [0.25, 0.3) is 0 Å². The van der Waals surface area contributed by atoms with E-state index in [9.17, 15) is 0 Å². The van der Waals surface area contributed by atoms with E-state index >= 15 is 0 Å². The molecule has 48 valence electrons. The normalized spacial score (nSPS) is 13.1. The number of rotatable bonds is 1. The van der Waals surface area contributed by atoms with E-state index in [-0.39, 0.29) is 0 Å². The SMILES string of the molecule is NC(O)c1ccccn1. The Bertz CT molecular complexity index is 174. The van der Waals surface area contributed by atoms with Crippen LogP contribution in [0.5, 0.6) is 0 Å². The Morgan fingerprint density at radius 1 is 1.56 bits per heavy atom. The smallest absolute Gasteiger partial charge is 0.145 e. The zero-order valence-electron chi connectivity index (χ0n) is 4.86. The summed E-state index contributed by atoms with van der Waals surface area (Å²) in [7, 11) is 0. The van der Waals surface area contributed by atoms with Gasteiger partial charge in [-0.3, -0.25) is 4.98 Å². The Labute approximate surface area is 53.2 Å². The summed E-state index contributed by atoms with van der Waals surface area (Å²) < 4.78 is 0. The summed E-state index contributed by atoms with van der Waals surface area (Å²) in [6, 6.07) is 5.22. The molecule has 0 aliphatic carbocycles. The van der Waals surface area contributed by atoms with Crippen molar-refractivity contribution in [2.24, 2.45) is 5.73 Å². The highest BCUT2D eigenvalue weighted by Crippen LogP contribution is 1.99. The molecular weight excluding hydrogens is 116 g/mol. The Morgan fingerprint density at radius 3 is 2.67 bits per heavy atom. The van der Waals surface area contributed by atoms with E-state index in [1.54, 1.807) is 24.4 Å². The van der Waals surface area contributed by atoms with Gasteiger partial charge < -0.3 is 10.8 Å². The van der Waals surface area contributed by atoms with E-state index in [4.69, 9.17) is 10.8 Å². The molecule has 3 heteroatoms. The van der Waals surface area contributed by atoms with Gasteiger partial charge in [-0.1, -0.05) is 6.07 Å². The van der Waals surface area contributed by atoms with E-state index in [0.717, 1.165) is 0 Å². The number of nitrogens with zero attached hydrogens (tertiary/aromatic N) is 1. The zero-order chi connectivity index (χ0) is 6.69. The fourth-order valence-electron chi connectivity index (χ4n) is 0.551. The molecule has 0 radical (unpaired) electrons. The molecule has 0 aliphatic heterocycles. The van der Waals surface area contributed by atoms with Gasteiger partial charge in [0.2, 0.25) is 0 Å². The third kappa shape index (κ3) is 1.48. The van der Waals surface area contributed by atoms with Gasteiger partial charge in [0.25, 0.3) is 0 Å². The van der Waals surface area contributed by atoms with E-state index in [1.807, 2.05) is 0 Å². The molecule has 3 N–H and O–H groups in total. The lowest BCUT2D eigenvalue weighted by molar-refractivity contribution is 0.181. The van der Waals surface area contributed by atoms with Crippen molar-refractivity contribution >= 4 is 0 Å². The van der Waals surface area contributed by atoms with Gasteiger partial charge in [-0.25, -0.2) is 0 Å². The molecule has 0 aliphatic rings. The van der Waals surface area contributed by atoms with Gasteiger partial charge in [0.05, 0.1) is 5.69 Å². The van der Waals surface area contributed by atoms with E-state index in [0.29, 0.717) is 5.69 Å². The molecule has 1 aromatic rings. The topological polar surface area (TPSA) is 59.1 Å². The van der Waals surface area contributed by atoms with Crippen LogP contribution in [0, 0.1) is 0 Å². The standard InChI is InChI=1S/C6H8N2O/c7-6(9)5-3-1-2-4-8-5/h1-4,6,9H,7H2. The van der Waals surface area contributed by atoms with E-state index < -0.39 is 6.23 Å². The number of aliphatic hydroxyl groups excluding tert-OH is 1. The van der Waals surface area contributed by atoms with Crippen molar-refractivity contribution in [3.63, 3.8) is 0 Å². The maximum atomic E-state index is 8.74. The van der Waals surface area contributed by atoms with E-state index in [2.05, 4.69) is 4.98 Å². The maximum Gasteiger partial charge on any atom is 0.145 e. The molecule has 9 heavy (non-hydrogen) atoms. The van der Waals surface area contributed by atoms with Crippen molar-refractivity contribution in [2.75, 3.05) is 0 Å². The average molecular weight is 124 g/mol. The Hall–Kier alpha value is -0.930. The van der Waals surface area contributed by atoms with Gasteiger partial charge in [0.15, 0.2) is 0 Å². The molecule has 1 heterocycles. The molecule has 1 rings (SSSR count). The summed E-state index contributed by atoms with van der Waals surface area (Å²) in [5.74, 6) is 0. The van der Waals surface area contributed by atoms with Crippen LogP contribution >= 0.6 is 0 Å². The summed E-state index contributed by atoms with van der Waals surface area (Å²) >= 11 is 0. The Balaban J connectivity index is 2.85. The molecule has 0 aromatic carbocycles. The maximum absolute atomic E-state index is 8.74. The van der Waals surface area contributed by atoms with Crippen LogP contribution in [-0.2, 0) is 0 Å². The molecule has 1 unspecified atom stereocenters. The van der Waals surface area contributed by atoms with Crippen molar-refractivity contribution in [3.05, 3.63) is 30.1 Å². The van der Waals surface area contributed by atoms with Crippen LogP contribution in [0.4, 0.5) is 0 Å². The molecule has 1 aromatic heterocycles. The number of aromatic nitrogens is 1. The summed E-state index contributed by atoms with van der Waals surface area (Å²) in [5, 5.41) is 8.74. The molecule has 0 bridgehead atoms. The second-order valence-corrected chi connectivity index (χ2v) is 1.70. The first-order valence-electron chi connectivity index (χ1n) is 2.65. The fraction of sp³-hybridized carbons (Fsp3) is 0.167. The number of aliphatic hydroxyl groups is 1. The summed E-state index contributed by atoms with van der Waals surface area (Å²) in [6.07, 6.45) is 0.636. The summed E-state index contributed by atoms with van der Waals surface area (Å²) in [5.41, 5.74) is 5.60. The highest BCUT2D eigenvalue weighted by atomic mass is 16.3. The molecule has 0 spiro atoms. The van der Waals surface area contributed by atoms with Crippen LogP contribution in [0.15, 0.2) is 24.4 Å². The lowest BCUT2D eigenvalue weighted by atomic mass is 10.3. The molecular formula is C6H8N2O. The minimum Gasteiger partial charge on any atom is -0.373 e. The quantitative estimate of drug-likeness (QED) is 0.519. The predicted molar refractivity (Wildman–Crippen MR) is 33.4 cm³/mol. The molecule has 0 fully saturated rings. The largest absolute Gasteiger partial charge is 0.373 e. The minimum atomic E-state index is -0.953. The van der Waals surface area contributed by atoms with E-state index in [1.165, 1.54) is 0 Å². The van der Waals surface area contributed by atoms with Gasteiger partial charge in [0, 0.05) is 6.20 Å².